The van der Waals surface area contributed by atoms with Crippen LogP contribution in [0.4, 0.5) is 0 Å². The normalized spacial score (nSPS) is 18.0. The van der Waals surface area contributed by atoms with Gasteiger partial charge < -0.3 is 14.2 Å². The third kappa shape index (κ3) is 5.39. The topological polar surface area (TPSA) is 40.6 Å². The zero-order chi connectivity index (χ0) is 16.6. The summed E-state index contributed by atoms with van der Waals surface area (Å²) < 4.78 is 17.3. The minimum Gasteiger partial charge on any atom is -0.489 e. The lowest BCUT2D eigenvalue weighted by Crippen LogP contribution is -2.21. The molecule has 0 radical (unpaired) electrons. The molecule has 4 nitrogen and oxygen atoms in total. The van der Waals surface area contributed by atoms with Crippen molar-refractivity contribution in [3.63, 3.8) is 0 Å². The Hall–Kier alpha value is -1.78. The van der Waals surface area contributed by atoms with Crippen LogP contribution in [0.5, 0.6) is 11.6 Å². The fourth-order valence-electron chi connectivity index (χ4n) is 2.64. The molecule has 5 heteroatoms. The number of benzene rings is 1. The van der Waals surface area contributed by atoms with Gasteiger partial charge in [0.05, 0.1) is 6.10 Å². The van der Waals surface area contributed by atoms with Gasteiger partial charge in [0.15, 0.2) is 0 Å². The van der Waals surface area contributed by atoms with Gasteiger partial charge >= 0.3 is 0 Å². The van der Waals surface area contributed by atoms with E-state index in [-0.39, 0.29) is 6.10 Å². The van der Waals surface area contributed by atoms with Crippen molar-refractivity contribution in [1.29, 1.82) is 0 Å². The molecule has 0 spiro atoms. The molecule has 0 amide bonds. The fourth-order valence-corrected chi connectivity index (χ4v) is 2.83. The molecule has 1 aromatic carbocycles. The van der Waals surface area contributed by atoms with Crippen molar-refractivity contribution in [2.45, 2.75) is 38.4 Å². The van der Waals surface area contributed by atoms with E-state index in [1.807, 2.05) is 30.3 Å². The van der Waals surface area contributed by atoms with E-state index in [9.17, 15) is 0 Å². The third-order valence-corrected chi connectivity index (χ3v) is 4.13. The van der Waals surface area contributed by atoms with Crippen molar-refractivity contribution in [2.75, 3.05) is 13.2 Å². The van der Waals surface area contributed by atoms with E-state index < -0.39 is 0 Å². The Morgan fingerprint density at radius 1 is 1.08 bits per heavy atom. The highest BCUT2D eigenvalue weighted by molar-refractivity contribution is 6.29. The maximum absolute atomic E-state index is 6.08. The molecular formula is C19H22ClNO3. The van der Waals surface area contributed by atoms with Crippen LogP contribution in [0.2, 0.25) is 5.15 Å². The first-order valence-corrected chi connectivity index (χ1v) is 8.76. The van der Waals surface area contributed by atoms with Gasteiger partial charge in [0.25, 0.3) is 0 Å². The van der Waals surface area contributed by atoms with Crippen molar-refractivity contribution in [2.24, 2.45) is 0 Å². The molecule has 0 saturated carbocycles. The lowest BCUT2D eigenvalue weighted by Gasteiger charge is -2.16. The number of ether oxygens (including phenoxy) is 3. The molecule has 0 N–H and O–H groups in total. The zero-order valence-electron chi connectivity index (χ0n) is 13.6. The molecule has 1 saturated heterocycles. The quantitative estimate of drug-likeness (QED) is 0.713. The van der Waals surface area contributed by atoms with Crippen molar-refractivity contribution < 1.29 is 14.2 Å². The van der Waals surface area contributed by atoms with Gasteiger partial charge in [0.1, 0.15) is 24.1 Å². The van der Waals surface area contributed by atoms with Gasteiger partial charge in [0.2, 0.25) is 5.88 Å². The first-order valence-electron chi connectivity index (χ1n) is 8.38. The number of nitrogens with zero attached hydrogens (tertiary/aromatic N) is 1. The summed E-state index contributed by atoms with van der Waals surface area (Å²) in [5.74, 6) is 1.12. The van der Waals surface area contributed by atoms with Gasteiger partial charge in [-0.05, 0) is 18.4 Å². The molecule has 0 aliphatic carbocycles. The van der Waals surface area contributed by atoms with Gasteiger partial charge in [-0.25, -0.2) is 4.98 Å². The molecule has 1 aliphatic heterocycles. The van der Waals surface area contributed by atoms with E-state index >= 15 is 0 Å². The van der Waals surface area contributed by atoms with E-state index in [0.717, 1.165) is 25.0 Å². The predicted octanol–water partition coefficient (Wildman–Crippen LogP) is 4.65. The third-order valence-electron chi connectivity index (χ3n) is 3.93. The fraction of sp³-hybridized carbons (Fsp3) is 0.421. The van der Waals surface area contributed by atoms with Gasteiger partial charge in [0, 0.05) is 18.7 Å². The molecule has 1 aliphatic rings. The van der Waals surface area contributed by atoms with E-state index in [1.54, 1.807) is 12.1 Å². The highest BCUT2D eigenvalue weighted by Gasteiger charge is 2.14. The molecule has 24 heavy (non-hydrogen) atoms. The molecule has 1 atom stereocenters. The molecule has 3 rings (SSSR count). The number of rotatable bonds is 6. The standard InChI is InChI=1S/C19H22ClNO3/c20-18-11-17(23-13-15-7-3-1-4-8-15)12-19(21-18)24-14-16-9-5-2-6-10-22-16/h1,3-4,7-8,11-12,16H,2,5-6,9-10,13-14H2. The minimum atomic E-state index is 0.127. The maximum Gasteiger partial charge on any atom is 0.218 e. The zero-order valence-corrected chi connectivity index (χ0v) is 14.4. The van der Waals surface area contributed by atoms with Gasteiger partial charge in [-0.15, -0.1) is 0 Å². The summed E-state index contributed by atoms with van der Waals surface area (Å²) in [6.45, 7) is 1.78. The molecule has 1 unspecified atom stereocenters. The van der Waals surface area contributed by atoms with Crippen LogP contribution in [0.3, 0.4) is 0 Å². The SMILES string of the molecule is Clc1cc(OCc2ccccc2)cc(OCC2CCCCCO2)n1. The van der Waals surface area contributed by atoms with E-state index in [4.69, 9.17) is 25.8 Å². The monoisotopic (exact) mass is 347 g/mol. The Bertz CT molecular complexity index is 628. The summed E-state index contributed by atoms with van der Waals surface area (Å²) in [5, 5.41) is 0.359. The second-order valence-corrected chi connectivity index (χ2v) is 6.28. The molecule has 2 aromatic rings. The van der Waals surface area contributed by atoms with E-state index in [2.05, 4.69) is 4.98 Å². The van der Waals surface area contributed by atoms with Crippen LogP contribution in [-0.2, 0) is 11.3 Å². The summed E-state index contributed by atoms with van der Waals surface area (Å²) in [4.78, 5) is 4.20. The summed E-state index contributed by atoms with van der Waals surface area (Å²) in [6, 6.07) is 13.4. The Labute approximate surface area is 147 Å². The molecular weight excluding hydrogens is 326 g/mol. The minimum absolute atomic E-state index is 0.127. The first kappa shape index (κ1) is 17.1. The van der Waals surface area contributed by atoms with Gasteiger partial charge in [-0.1, -0.05) is 54.8 Å². The summed E-state index contributed by atoms with van der Waals surface area (Å²) in [5.41, 5.74) is 1.10. The number of aromatic nitrogens is 1. The summed E-state index contributed by atoms with van der Waals surface area (Å²) >= 11 is 6.08. The number of hydrogen-bond donors (Lipinski definition) is 0. The van der Waals surface area contributed by atoms with Gasteiger partial charge in [-0.3, -0.25) is 0 Å². The smallest absolute Gasteiger partial charge is 0.218 e. The van der Waals surface area contributed by atoms with Crippen LogP contribution in [0.1, 0.15) is 31.2 Å². The highest BCUT2D eigenvalue weighted by Crippen LogP contribution is 2.24. The van der Waals surface area contributed by atoms with Crippen LogP contribution in [0.15, 0.2) is 42.5 Å². The average Bonchev–Trinajstić information content (AvgIpc) is 2.88. The number of pyridine rings is 1. The number of halogens is 1. The van der Waals surface area contributed by atoms with Crippen molar-refractivity contribution in [3.05, 3.63) is 53.2 Å². The van der Waals surface area contributed by atoms with Crippen LogP contribution in [0.25, 0.3) is 0 Å². The van der Waals surface area contributed by atoms with Gasteiger partial charge in [-0.2, -0.15) is 0 Å². The van der Waals surface area contributed by atoms with Crippen LogP contribution < -0.4 is 9.47 Å². The lowest BCUT2D eigenvalue weighted by molar-refractivity contribution is 0.0235. The highest BCUT2D eigenvalue weighted by atomic mass is 35.5. The first-order chi connectivity index (χ1) is 11.8. The molecule has 2 heterocycles. The lowest BCUT2D eigenvalue weighted by atomic mass is 10.1. The Kier molecular flexibility index (Phi) is 6.33. The van der Waals surface area contributed by atoms with E-state index in [0.29, 0.717) is 30.0 Å². The van der Waals surface area contributed by atoms with Crippen molar-refractivity contribution in [3.8, 4) is 11.6 Å². The molecule has 128 valence electrons. The Morgan fingerprint density at radius 2 is 1.96 bits per heavy atom. The van der Waals surface area contributed by atoms with Crippen LogP contribution >= 0.6 is 11.6 Å². The second kappa shape index (κ2) is 8.90. The predicted molar refractivity (Wildman–Crippen MR) is 93.7 cm³/mol. The van der Waals surface area contributed by atoms with Crippen LogP contribution in [-0.4, -0.2) is 24.3 Å². The molecule has 1 fully saturated rings. The van der Waals surface area contributed by atoms with Crippen LogP contribution in [0, 0.1) is 0 Å². The number of hydrogen-bond acceptors (Lipinski definition) is 4. The van der Waals surface area contributed by atoms with Crippen molar-refractivity contribution in [1.82, 2.24) is 4.98 Å². The average molecular weight is 348 g/mol. The van der Waals surface area contributed by atoms with Crippen molar-refractivity contribution >= 4 is 11.6 Å². The summed E-state index contributed by atoms with van der Waals surface area (Å²) in [7, 11) is 0. The molecule has 0 bridgehead atoms. The molecule has 1 aromatic heterocycles. The summed E-state index contributed by atoms with van der Waals surface area (Å²) in [6.07, 6.45) is 4.69. The Balaban J connectivity index is 1.56. The second-order valence-electron chi connectivity index (χ2n) is 5.89. The largest absolute Gasteiger partial charge is 0.489 e. The Morgan fingerprint density at radius 3 is 2.83 bits per heavy atom. The van der Waals surface area contributed by atoms with E-state index in [1.165, 1.54) is 12.8 Å². The maximum atomic E-state index is 6.08.